The lowest BCUT2D eigenvalue weighted by molar-refractivity contribution is 0.479. The van der Waals surface area contributed by atoms with Crippen molar-refractivity contribution in [2.24, 2.45) is 0 Å². The average Bonchev–Trinajstić information content (AvgIpc) is 3.12. The minimum absolute atomic E-state index is 0.333. The van der Waals surface area contributed by atoms with E-state index >= 15 is 0 Å². The van der Waals surface area contributed by atoms with Crippen LogP contribution < -0.4 is 0 Å². The molecule has 0 radical (unpaired) electrons. The highest BCUT2D eigenvalue weighted by Crippen LogP contribution is 2.38. The third-order valence-corrected chi connectivity index (χ3v) is 8.18. The number of hydrogen-bond donors (Lipinski definition) is 1. The minimum Gasteiger partial charge on any atom is -0.507 e. The quantitative estimate of drug-likeness (QED) is 0.221. The van der Waals surface area contributed by atoms with Crippen LogP contribution in [0.4, 0.5) is 0 Å². The van der Waals surface area contributed by atoms with E-state index in [1.807, 2.05) is 91.3 Å². The number of phenols is 1. The van der Waals surface area contributed by atoms with E-state index in [-0.39, 0.29) is 0 Å². The van der Waals surface area contributed by atoms with Crippen molar-refractivity contribution >= 4 is 21.5 Å². The van der Waals surface area contributed by atoms with Crippen molar-refractivity contribution < 1.29 is 5.11 Å². The van der Waals surface area contributed by atoms with Crippen LogP contribution in [0.5, 0.6) is 5.75 Å². The number of aromatic hydroxyl groups is 1. The molecule has 0 spiro atoms. The van der Waals surface area contributed by atoms with Crippen LogP contribution in [0, 0.1) is 6.92 Å². The maximum absolute atomic E-state index is 10.5. The lowest BCUT2D eigenvalue weighted by Gasteiger charge is -2.11. The van der Waals surface area contributed by atoms with Gasteiger partial charge in [-0.3, -0.25) is 9.97 Å². The first-order valence-electron chi connectivity index (χ1n) is 15.4. The first-order valence-corrected chi connectivity index (χ1v) is 15.4. The average molecular weight is 593 g/mol. The van der Waals surface area contributed by atoms with E-state index in [0.29, 0.717) is 5.75 Å². The molecule has 0 bridgehead atoms. The maximum atomic E-state index is 10.5. The molecule has 1 N–H and O–H groups in total. The summed E-state index contributed by atoms with van der Waals surface area (Å²) in [6.07, 6.45) is 3.77. The molecular formula is C43H32N2O. The molecule has 0 atom stereocenters. The zero-order valence-electron chi connectivity index (χ0n) is 25.5. The van der Waals surface area contributed by atoms with E-state index in [2.05, 4.69) is 85.8 Å². The molecule has 0 fully saturated rings. The summed E-state index contributed by atoms with van der Waals surface area (Å²) in [6, 6.07) is 53.2. The maximum Gasteiger partial charge on any atom is 0.131 e. The molecule has 220 valence electrons. The second kappa shape index (κ2) is 12.9. The molecule has 2 heterocycles. The Balaban J connectivity index is 0.000000157. The van der Waals surface area contributed by atoms with Gasteiger partial charge in [0.25, 0.3) is 0 Å². The number of fused-ring (bicyclic) bond motifs is 2. The summed E-state index contributed by atoms with van der Waals surface area (Å²) < 4.78 is 0. The summed E-state index contributed by atoms with van der Waals surface area (Å²) in [5.41, 5.74) is 9.25. The van der Waals surface area contributed by atoms with Gasteiger partial charge in [-0.05, 0) is 64.7 Å². The van der Waals surface area contributed by atoms with Crippen molar-refractivity contribution in [3.63, 3.8) is 0 Å². The van der Waals surface area contributed by atoms with Gasteiger partial charge in [0.15, 0.2) is 0 Å². The second-order valence-electron chi connectivity index (χ2n) is 11.3. The number of benzene rings is 6. The molecule has 2 aromatic heterocycles. The fourth-order valence-corrected chi connectivity index (χ4v) is 6.00. The number of rotatable bonds is 4. The molecule has 3 heteroatoms. The summed E-state index contributed by atoms with van der Waals surface area (Å²) in [4.78, 5) is 9.39. The van der Waals surface area contributed by atoms with Gasteiger partial charge in [-0.1, -0.05) is 127 Å². The summed E-state index contributed by atoms with van der Waals surface area (Å²) in [6.45, 7) is 2.13. The van der Waals surface area contributed by atoms with E-state index in [1.165, 1.54) is 27.1 Å². The van der Waals surface area contributed by atoms with Gasteiger partial charge in [0.1, 0.15) is 5.75 Å². The normalized spacial score (nSPS) is 10.8. The molecule has 0 aliphatic rings. The van der Waals surface area contributed by atoms with Crippen molar-refractivity contribution in [2.75, 3.05) is 0 Å². The van der Waals surface area contributed by atoms with E-state index in [1.54, 1.807) is 0 Å². The highest BCUT2D eigenvalue weighted by Gasteiger charge is 2.12. The molecule has 46 heavy (non-hydrogen) atoms. The molecule has 8 rings (SSSR count). The summed E-state index contributed by atoms with van der Waals surface area (Å²) in [5.74, 6) is 0.333. The predicted molar refractivity (Wildman–Crippen MR) is 192 cm³/mol. The summed E-state index contributed by atoms with van der Waals surface area (Å²) >= 11 is 0. The number of nitrogens with zero attached hydrogens (tertiary/aromatic N) is 2. The Morgan fingerprint density at radius 2 is 0.848 bits per heavy atom. The Morgan fingerprint density at radius 1 is 0.413 bits per heavy atom. The molecule has 0 saturated carbocycles. The van der Waals surface area contributed by atoms with Gasteiger partial charge in [0.2, 0.25) is 0 Å². The fourth-order valence-electron chi connectivity index (χ4n) is 6.00. The number of pyridine rings is 2. The van der Waals surface area contributed by atoms with Crippen molar-refractivity contribution in [1.29, 1.82) is 0 Å². The smallest absolute Gasteiger partial charge is 0.131 e. The van der Waals surface area contributed by atoms with Crippen LogP contribution in [0.2, 0.25) is 0 Å². The Kier molecular flexibility index (Phi) is 8.04. The molecule has 6 aromatic carbocycles. The van der Waals surface area contributed by atoms with Crippen LogP contribution in [0.15, 0.2) is 170 Å². The summed E-state index contributed by atoms with van der Waals surface area (Å²) in [7, 11) is 0. The van der Waals surface area contributed by atoms with E-state index in [4.69, 9.17) is 9.97 Å². The third-order valence-electron chi connectivity index (χ3n) is 8.18. The van der Waals surface area contributed by atoms with Crippen LogP contribution in [-0.2, 0) is 0 Å². The zero-order valence-corrected chi connectivity index (χ0v) is 25.5. The topological polar surface area (TPSA) is 46.0 Å². The first kappa shape index (κ1) is 28.7. The van der Waals surface area contributed by atoms with Crippen molar-refractivity contribution in [3.05, 3.63) is 176 Å². The number of phenolic OH excluding ortho intramolecular Hbond substituents is 1. The Morgan fingerprint density at radius 3 is 1.33 bits per heavy atom. The van der Waals surface area contributed by atoms with E-state index in [0.717, 1.165) is 44.8 Å². The van der Waals surface area contributed by atoms with Gasteiger partial charge in [-0.15, -0.1) is 0 Å². The largest absolute Gasteiger partial charge is 0.507 e. The van der Waals surface area contributed by atoms with Gasteiger partial charge in [0.05, 0.1) is 11.4 Å². The molecule has 0 saturated heterocycles. The van der Waals surface area contributed by atoms with Gasteiger partial charge >= 0.3 is 0 Å². The van der Waals surface area contributed by atoms with Gasteiger partial charge in [0, 0.05) is 45.4 Å². The van der Waals surface area contributed by atoms with E-state index in [9.17, 15) is 5.11 Å². The van der Waals surface area contributed by atoms with Crippen LogP contribution in [-0.4, -0.2) is 15.1 Å². The highest BCUT2D eigenvalue weighted by molar-refractivity contribution is 5.98. The predicted octanol–water partition coefficient (Wildman–Crippen LogP) is 11.2. The minimum atomic E-state index is 0.333. The first-order chi connectivity index (χ1) is 22.7. The van der Waals surface area contributed by atoms with Crippen LogP contribution >= 0.6 is 0 Å². The van der Waals surface area contributed by atoms with Crippen molar-refractivity contribution in [3.8, 4) is 50.5 Å². The van der Waals surface area contributed by atoms with E-state index < -0.39 is 0 Å². The molecule has 0 aliphatic heterocycles. The van der Waals surface area contributed by atoms with Crippen LogP contribution in [0.3, 0.4) is 0 Å². The lowest BCUT2D eigenvalue weighted by Crippen LogP contribution is -1.91. The van der Waals surface area contributed by atoms with Gasteiger partial charge in [-0.25, -0.2) is 0 Å². The van der Waals surface area contributed by atoms with Crippen LogP contribution in [0.25, 0.3) is 66.3 Å². The second-order valence-corrected chi connectivity index (χ2v) is 11.3. The number of para-hydroxylation sites is 1. The fraction of sp³-hybridized carbons (Fsp3) is 0.0233. The molecule has 8 aromatic rings. The number of aromatic nitrogens is 2. The zero-order chi connectivity index (χ0) is 31.3. The van der Waals surface area contributed by atoms with Crippen LogP contribution in [0.1, 0.15) is 5.56 Å². The lowest BCUT2D eigenvalue weighted by atomic mass is 9.97. The van der Waals surface area contributed by atoms with Crippen molar-refractivity contribution in [2.45, 2.75) is 6.92 Å². The molecule has 3 nitrogen and oxygen atoms in total. The number of hydrogen-bond acceptors (Lipinski definition) is 3. The SMILES string of the molecule is Cc1cc(-c2nccc3ccccc23)cc(-c2nccc3ccccc23)c1.Oc1c(-c2ccccc2)cccc1-c1ccccc1. The van der Waals surface area contributed by atoms with Gasteiger partial charge < -0.3 is 5.11 Å². The molecule has 0 unspecified atom stereocenters. The number of aryl methyl sites for hydroxylation is 1. The molecular weight excluding hydrogens is 560 g/mol. The monoisotopic (exact) mass is 592 g/mol. The van der Waals surface area contributed by atoms with Crippen molar-refractivity contribution in [1.82, 2.24) is 9.97 Å². The Labute approximate surface area is 269 Å². The standard InChI is InChI=1S/C25H18N2.C18H14O/c1-17-14-20(24-22-8-4-2-6-18(22)10-12-26-24)16-21(15-17)25-23-9-5-3-7-19(23)11-13-27-25;19-18-16(14-8-3-1-4-9-14)12-7-13-17(18)15-10-5-2-6-11-15/h2-16H,1H3;1-13,19H. The highest BCUT2D eigenvalue weighted by atomic mass is 16.3. The molecule has 0 amide bonds. The summed E-state index contributed by atoms with van der Waals surface area (Å²) in [5, 5.41) is 15.2. The Hall–Kier alpha value is -6.06. The molecule has 0 aliphatic carbocycles. The van der Waals surface area contributed by atoms with Gasteiger partial charge in [-0.2, -0.15) is 0 Å². The Bertz CT molecular complexity index is 2110. The third kappa shape index (κ3) is 5.87.